The smallest absolute Gasteiger partial charge is 0.126 e. The van der Waals surface area contributed by atoms with Crippen LogP contribution in [-0.4, -0.2) is 16.6 Å². The Kier molecular flexibility index (Phi) is 2.54. The Morgan fingerprint density at radius 1 is 1.20 bits per heavy atom. The highest BCUT2D eigenvalue weighted by Gasteiger charge is 2.03. The van der Waals surface area contributed by atoms with E-state index in [0.29, 0.717) is 6.61 Å². The zero-order chi connectivity index (χ0) is 10.8. The Balaban J connectivity index is 2.60. The molecule has 1 aromatic heterocycles. The van der Waals surface area contributed by atoms with Gasteiger partial charge in [0.2, 0.25) is 0 Å². The summed E-state index contributed by atoms with van der Waals surface area (Å²) in [6.45, 7) is 6.55. The fourth-order valence-corrected chi connectivity index (χ4v) is 1.66. The number of ether oxygens (including phenoxy) is 1. The predicted octanol–water partition coefficient (Wildman–Crippen LogP) is 2.65. The van der Waals surface area contributed by atoms with Gasteiger partial charge in [0.25, 0.3) is 0 Å². The average molecular weight is 202 g/mol. The van der Waals surface area contributed by atoms with E-state index in [9.17, 15) is 0 Å². The summed E-state index contributed by atoms with van der Waals surface area (Å²) in [5.74, 6) is 1.68. The number of rotatable bonds is 2. The Hall–Kier alpha value is -1.64. The van der Waals surface area contributed by atoms with Crippen molar-refractivity contribution in [3.8, 4) is 5.75 Å². The van der Waals surface area contributed by atoms with Crippen molar-refractivity contribution >= 4 is 10.9 Å². The molecule has 0 spiro atoms. The molecule has 2 aromatic rings. The van der Waals surface area contributed by atoms with Gasteiger partial charge in [0, 0.05) is 11.1 Å². The molecule has 1 aromatic carbocycles. The molecule has 0 aliphatic rings. The van der Waals surface area contributed by atoms with Gasteiger partial charge in [-0.05, 0) is 39.0 Å². The van der Waals surface area contributed by atoms with Crippen molar-refractivity contribution in [2.24, 2.45) is 0 Å². The lowest BCUT2D eigenvalue weighted by Gasteiger charge is -2.06. The van der Waals surface area contributed by atoms with E-state index >= 15 is 0 Å². The van der Waals surface area contributed by atoms with E-state index in [1.54, 1.807) is 0 Å². The van der Waals surface area contributed by atoms with Crippen molar-refractivity contribution in [1.29, 1.82) is 0 Å². The van der Waals surface area contributed by atoms with Crippen LogP contribution < -0.4 is 4.74 Å². The summed E-state index contributed by atoms with van der Waals surface area (Å²) < 4.78 is 5.44. The molecule has 0 aliphatic carbocycles. The highest BCUT2D eigenvalue weighted by Crippen LogP contribution is 2.21. The second-order valence-corrected chi connectivity index (χ2v) is 3.47. The van der Waals surface area contributed by atoms with Gasteiger partial charge in [-0.25, -0.2) is 9.97 Å². The van der Waals surface area contributed by atoms with E-state index in [4.69, 9.17) is 4.74 Å². The number of fused-ring (bicyclic) bond motifs is 1. The summed E-state index contributed by atoms with van der Waals surface area (Å²) in [5, 5.41) is 1.06. The Morgan fingerprint density at radius 3 is 2.73 bits per heavy atom. The van der Waals surface area contributed by atoms with Gasteiger partial charge < -0.3 is 4.74 Å². The van der Waals surface area contributed by atoms with Crippen LogP contribution in [0.25, 0.3) is 10.9 Å². The molecule has 0 amide bonds. The zero-order valence-corrected chi connectivity index (χ0v) is 9.24. The first-order valence-corrected chi connectivity index (χ1v) is 5.08. The Bertz CT molecular complexity index is 494. The van der Waals surface area contributed by atoms with Crippen LogP contribution in [0.5, 0.6) is 5.75 Å². The van der Waals surface area contributed by atoms with Gasteiger partial charge in [0.05, 0.1) is 12.1 Å². The first kappa shape index (κ1) is 9.90. The van der Waals surface area contributed by atoms with Crippen LogP contribution in [0.3, 0.4) is 0 Å². The largest absolute Gasteiger partial charge is 0.494 e. The molecule has 0 saturated carbocycles. The Morgan fingerprint density at radius 2 is 2.00 bits per heavy atom. The molecule has 2 rings (SSSR count). The lowest BCUT2D eigenvalue weighted by molar-refractivity contribution is 0.340. The van der Waals surface area contributed by atoms with E-state index < -0.39 is 0 Å². The number of hydrogen-bond donors (Lipinski definition) is 0. The second-order valence-electron chi connectivity index (χ2n) is 3.47. The van der Waals surface area contributed by atoms with Crippen LogP contribution >= 0.6 is 0 Å². The fourth-order valence-electron chi connectivity index (χ4n) is 1.66. The van der Waals surface area contributed by atoms with Gasteiger partial charge in [0.15, 0.2) is 0 Å². The SMILES string of the molecule is CCOc1ccc2nc(C)nc(C)c2c1. The quantitative estimate of drug-likeness (QED) is 0.751. The van der Waals surface area contributed by atoms with Gasteiger partial charge in [-0.15, -0.1) is 0 Å². The molecule has 0 fully saturated rings. The van der Waals surface area contributed by atoms with Gasteiger partial charge in [-0.3, -0.25) is 0 Å². The minimum Gasteiger partial charge on any atom is -0.494 e. The van der Waals surface area contributed by atoms with Crippen molar-refractivity contribution in [1.82, 2.24) is 9.97 Å². The maximum absolute atomic E-state index is 5.44. The van der Waals surface area contributed by atoms with Crippen molar-refractivity contribution in [2.75, 3.05) is 6.61 Å². The minimum absolute atomic E-state index is 0.678. The molecule has 0 bridgehead atoms. The van der Waals surface area contributed by atoms with Gasteiger partial charge in [0.1, 0.15) is 11.6 Å². The molecular weight excluding hydrogens is 188 g/mol. The monoisotopic (exact) mass is 202 g/mol. The highest BCUT2D eigenvalue weighted by molar-refractivity contribution is 5.82. The van der Waals surface area contributed by atoms with Gasteiger partial charge >= 0.3 is 0 Å². The second kappa shape index (κ2) is 3.85. The lowest BCUT2D eigenvalue weighted by Crippen LogP contribution is -1.95. The first-order valence-electron chi connectivity index (χ1n) is 5.08. The summed E-state index contributed by atoms with van der Waals surface area (Å²) >= 11 is 0. The van der Waals surface area contributed by atoms with E-state index in [2.05, 4.69) is 9.97 Å². The van der Waals surface area contributed by atoms with Gasteiger partial charge in [-0.2, -0.15) is 0 Å². The number of benzene rings is 1. The Labute approximate surface area is 89.1 Å². The van der Waals surface area contributed by atoms with Crippen molar-refractivity contribution in [2.45, 2.75) is 20.8 Å². The standard InChI is InChI=1S/C12H14N2O/c1-4-15-10-5-6-12-11(7-10)8(2)13-9(3)14-12/h5-7H,4H2,1-3H3. The van der Waals surface area contributed by atoms with E-state index in [1.807, 2.05) is 39.0 Å². The van der Waals surface area contributed by atoms with Crippen molar-refractivity contribution in [3.05, 3.63) is 29.7 Å². The molecule has 3 heteroatoms. The summed E-state index contributed by atoms with van der Waals surface area (Å²) in [6, 6.07) is 5.91. The molecule has 0 unspecified atom stereocenters. The number of aryl methyl sites for hydroxylation is 2. The van der Waals surface area contributed by atoms with E-state index in [1.165, 1.54) is 0 Å². The third-order valence-corrected chi connectivity index (χ3v) is 2.28. The first-order chi connectivity index (χ1) is 7.20. The molecule has 15 heavy (non-hydrogen) atoms. The van der Waals surface area contributed by atoms with Crippen LogP contribution in [0.2, 0.25) is 0 Å². The maximum atomic E-state index is 5.44. The van der Waals surface area contributed by atoms with Crippen molar-refractivity contribution < 1.29 is 4.74 Å². The molecule has 1 heterocycles. The fraction of sp³-hybridized carbons (Fsp3) is 0.333. The highest BCUT2D eigenvalue weighted by atomic mass is 16.5. The predicted molar refractivity (Wildman–Crippen MR) is 60.2 cm³/mol. The minimum atomic E-state index is 0.678. The van der Waals surface area contributed by atoms with E-state index in [-0.39, 0.29) is 0 Å². The maximum Gasteiger partial charge on any atom is 0.126 e. The molecular formula is C12H14N2O. The van der Waals surface area contributed by atoms with Crippen molar-refractivity contribution in [3.63, 3.8) is 0 Å². The zero-order valence-electron chi connectivity index (χ0n) is 9.24. The summed E-state index contributed by atoms with van der Waals surface area (Å²) in [5.41, 5.74) is 1.97. The molecule has 78 valence electrons. The molecule has 0 N–H and O–H groups in total. The molecule has 3 nitrogen and oxygen atoms in total. The summed E-state index contributed by atoms with van der Waals surface area (Å²) in [4.78, 5) is 8.71. The molecule has 0 aliphatic heterocycles. The van der Waals surface area contributed by atoms with Crippen LogP contribution in [-0.2, 0) is 0 Å². The normalized spacial score (nSPS) is 10.6. The topological polar surface area (TPSA) is 35.0 Å². The summed E-state index contributed by atoms with van der Waals surface area (Å²) in [7, 11) is 0. The molecule has 0 saturated heterocycles. The van der Waals surface area contributed by atoms with Crippen LogP contribution in [0, 0.1) is 13.8 Å². The number of nitrogens with zero attached hydrogens (tertiary/aromatic N) is 2. The van der Waals surface area contributed by atoms with Crippen LogP contribution in [0.4, 0.5) is 0 Å². The average Bonchev–Trinajstić information content (AvgIpc) is 2.19. The van der Waals surface area contributed by atoms with Crippen LogP contribution in [0.1, 0.15) is 18.4 Å². The third kappa shape index (κ3) is 1.91. The number of aromatic nitrogens is 2. The van der Waals surface area contributed by atoms with E-state index in [0.717, 1.165) is 28.2 Å². The van der Waals surface area contributed by atoms with Gasteiger partial charge in [-0.1, -0.05) is 0 Å². The molecule has 0 atom stereocenters. The third-order valence-electron chi connectivity index (χ3n) is 2.28. The number of hydrogen-bond acceptors (Lipinski definition) is 3. The molecule has 0 radical (unpaired) electrons. The summed E-state index contributed by atoms with van der Waals surface area (Å²) in [6.07, 6.45) is 0. The lowest BCUT2D eigenvalue weighted by atomic mass is 10.2. The van der Waals surface area contributed by atoms with Crippen LogP contribution in [0.15, 0.2) is 18.2 Å².